The average Bonchev–Trinajstić information content (AvgIpc) is 2.78. The minimum atomic E-state index is -4.37. The number of rotatable bonds is 3. The Bertz CT molecular complexity index is 380. The van der Waals surface area contributed by atoms with Gasteiger partial charge in [-0.15, -0.1) is 0 Å². The highest BCUT2D eigenvalue weighted by Gasteiger charge is 2.34. The van der Waals surface area contributed by atoms with Gasteiger partial charge in [0, 0.05) is 31.4 Å². The van der Waals surface area contributed by atoms with Gasteiger partial charge in [-0.3, -0.25) is 10.00 Å². The molecule has 7 heteroatoms. The topological polar surface area (TPSA) is 44.0 Å². The molecule has 102 valence electrons. The monoisotopic (exact) mass is 262 g/mol. The fourth-order valence-electron chi connectivity index (χ4n) is 2.21. The smallest absolute Gasteiger partial charge is 0.317 e. The maximum absolute atomic E-state index is 12.4. The summed E-state index contributed by atoms with van der Waals surface area (Å²) in [6.45, 7) is 2.29. The van der Waals surface area contributed by atoms with E-state index in [4.69, 9.17) is 0 Å². The van der Waals surface area contributed by atoms with E-state index in [2.05, 4.69) is 20.4 Å². The number of hydrogen-bond donors (Lipinski definition) is 2. The van der Waals surface area contributed by atoms with Crippen LogP contribution in [0.15, 0.2) is 6.07 Å². The zero-order valence-corrected chi connectivity index (χ0v) is 10.2. The summed E-state index contributed by atoms with van der Waals surface area (Å²) < 4.78 is 37.1. The van der Waals surface area contributed by atoms with Crippen molar-refractivity contribution in [2.45, 2.75) is 31.6 Å². The SMILES string of the molecule is CNC1CCN(Cc2cc(C(F)(F)F)n[nH]2)CC1. The van der Waals surface area contributed by atoms with Gasteiger partial charge in [0.15, 0.2) is 5.69 Å². The van der Waals surface area contributed by atoms with Crippen molar-refractivity contribution in [2.75, 3.05) is 20.1 Å². The third-order valence-corrected chi connectivity index (χ3v) is 3.31. The van der Waals surface area contributed by atoms with Crippen LogP contribution in [0.25, 0.3) is 0 Å². The summed E-state index contributed by atoms with van der Waals surface area (Å²) in [5, 5.41) is 8.97. The molecule has 1 aromatic rings. The number of piperidine rings is 1. The Kier molecular flexibility index (Phi) is 3.91. The van der Waals surface area contributed by atoms with E-state index in [-0.39, 0.29) is 0 Å². The Morgan fingerprint density at radius 3 is 2.61 bits per heavy atom. The summed E-state index contributed by atoms with van der Waals surface area (Å²) in [7, 11) is 1.94. The Labute approximate surface area is 104 Å². The number of halogens is 3. The first-order chi connectivity index (χ1) is 8.49. The molecule has 1 aliphatic rings. The van der Waals surface area contributed by atoms with Crippen molar-refractivity contribution in [3.05, 3.63) is 17.5 Å². The number of nitrogens with zero attached hydrogens (tertiary/aromatic N) is 2. The molecule has 1 aliphatic heterocycles. The zero-order chi connectivity index (χ0) is 13.2. The van der Waals surface area contributed by atoms with Crippen molar-refractivity contribution in [3.8, 4) is 0 Å². The minimum absolute atomic E-state index is 0.500. The molecule has 0 aromatic carbocycles. The van der Waals surface area contributed by atoms with Crippen LogP contribution in [0.5, 0.6) is 0 Å². The molecule has 0 spiro atoms. The lowest BCUT2D eigenvalue weighted by atomic mass is 10.1. The lowest BCUT2D eigenvalue weighted by Gasteiger charge is -2.31. The predicted molar refractivity (Wildman–Crippen MR) is 60.9 cm³/mol. The van der Waals surface area contributed by atoms with E-state index in [1.165, 1.54) is 0 Å². The highest BCUT2D eigenvalue weighted by atomic mass is 19.4. The highest BCUT2D eigenvalue weighted by molar-refractivity contribution is 5.11. The highest BCUT2D eigenvalue weighted by Crippen LogP contribution is 2.28. The summed E-state index contributed by atoms with van der Waals surface area (Å²) >= 11 is 0. The van der Waals surface area contributed by atoms with Gasteiger partial charge in [0.1, 0.15) is 0 Å². The summed E-state index contributed by atoms with van der Waals surface area (Å²) in [4.78, 5) is 2.14. The third kappa shape index (κ3) is 3.23. The number of aromatic nitrogens is 2. The first-order valence-electron chi connectivity index (χ1n) is 6.00. The molecule has 1 fully saturated rings. The second kappa shape index (κ2) is 5.27. The lowest BCUT2D eigenvalue weighted by molar-refractivity contribution is -0.141. The van der Waals surface area contributed by atoms with Gasteiger partial charge < -0.3 is 5.32 Å². The number of alkyl halides is 3. The van der Waals surface area contributed by atoms with Crippen molar-refractivity contribution in [1.29, 1.82) is 0 Å². The van der Waals surface area contributed by atoms with E-state index in [0.717, 1.165) is 32.0 Å². The normalized spacial score (nSPS) is 19.3. The molecule has 0 atom stereocenters. The van der Waals surface area contributed by atoms with Gasteiger partial charge in [-0.1, -0.05) is 0 Å². The number of aromatic amines is 1. The minimum Gasteiger partial charge on any atom is -0.317 e. The number of H-pyrrole nitrogens is 1. The van der Waals surface area contributed by atoms with Gasteiger partial charge in [-0.2, -0.15) is 18.3 Å². The van der Waals surface area contributed by atoms with Crippen LogP contribution in [0, 0.1) is 0 Å². The first kappa shape index (κ1) is 13.4. The van der Waals surface area contributed by atoms with Crippen LogP contribution >= 0.6 is 0 Å². The van der Waals surface area contributed by atoms with E-state index in [1.54, 1.807) is 0 Å². The third-order valence-electron chi connectivity index (χ3n) is 3.31. The van der Waals surface area contributed by atoms with Crippen molar-refractivity contribution < 1.29 is 13.2 Å². The molecule has 0 bridgehead atoms. The van der Waals surface area contributed by atoms with Crippen LogP contribution in [0.4, 0.5) is 13.2 Å². The Morgan fingerprint density at radius 2 is 2.11 bits per heavy atom. The second-order valence-electron chi connectivity index (χ2n) is 4.62. The first-order valence-corrected chi connectivity index (χ1v) is 6.00. The fourth-order valence-corrected chi connectivity index (χ4v) is 2.21. The molecule has 2 rings (SSSR count). The number of likely N-dealkylation sites (tertiary alicyclic amines) is 1. The average molecular weight is 262 g/mol. The molecular formula is C11H17F3N4. The molecule has 0 saturated carbocycles. The van der Waals surface area contributed by atoms with Crippen LogP contribution in [0.3, 0.4) is 0 Å². The van der Waals surface area contributed by atoms with E-state index in [0.29, 0.717) is 18.3 Å². The van der Waals surface area contributed by atoms with Crippen molar-refractivity contribution in [3.63, 3.8) is 0 Å². The Hall–Kier alpha value is -1.08. The van der Waals surface area contributed by atoms with Crippen molar-refractivity contribution in [2.24, 2.45) is 0 Å². The molecule has 0 radical (unpaired) electrons. The largest absolute Gasteiger partial charge is 0.435 e. The van der Waals surface area contributed by atoms with Gasteiger partial charge in [-0.25, -0.2) is 0 Å². The molecule has 2 N–H and O–H groups in total. The summed E-state index contributed by atoms with van der Waals surface area (Å²) in [6.07, 6.45) is -2.32. The van der Waals surface area contributed by atoms with Gasteiger partial charge in [0.25, 0.3) is 0 Å². The van der Waals surface area contributed by atoms with Crippen LogP contribution in [-0.2, 0) is 12.7 Å². The summed E-state index contributed by atoms with van der Waals surface area (Å²) in [5.74, 6) is 0. The van der Waals surface area contributed by atoms with Gasteiger partial charge >= 0.3 is 6.18 Å². The zero-order valence-electron chi connectivity index (χ0n) is 10.2. The molecule has 1 aromatic heterocycles. The number of nitrogens with one attached hydrogen (secondary N) is 2. The Balaban J connectivity index is 1.89. The Morgan fingerprint density at radius 1 is 1.44 bits per heavy atom. The molecule has 2 heterocycles. The van der Waals surface area contributed by atoms with E-state index in [9.17, 15) is 13.2 Å². The molecule has 0 aliphatic carbocycles. The molecule has 0 amide bonds. The van der Waals surface area contributed by atoms with E-state index < -0.39 is 11.9 Å². The van der Waals surface area contributed by atoms with E-state index in [1.807, 2.05) is 7.05 Å². The molecule has 4 nitrogen and oxygen atoms in total. The summed E-state index contributed by atoms with van der Waals surface area (Å²) in [5.41, 5.74) is -0.326. The van der Waals surface area contributed by atoms with Crippen LogP contribution in [0.2, 0.25) is 0 Å². The predicted octanol–water partition coefficient (Wildman–Crippen LogP) is 1.61. The number of hydrogen-bond acceptors (Lipinski definition) is 3. The molecule has 1 saturated heterocycles. The van der Waals surface area contributed by atoms with Gasteiger partial charge in [0.05, 0.1) is 0 Å². The van der Waals surface area contributed by atoms with Crippen molar-refractivity contribution >= 4 is 0 Å². The van der Waals surface area contributed by atoms with Gasteiger partial charge in [-0.05, 0) is 26.0 Å². The van der Waals surface area contributed by atoms with Crippen LogP contribution < -0.4 is 5.32 Å². The molecule has 0 unspecified atom stereocenters. The molecular weight excluding hydrogens is 245 g/mol. The van der Waals surface area contributed by atoms with Crippen molar-refractivity contribution in [1.82, 2.24) is 20.4 Å². The quantitative estimate of drug-likeness (QED) is 0.870. The van der Waals surface area contributed by atoms with Gasteiger partial charge in [0.2, 0.25) is 0 Å². The maximum atomic E-state index is 12.4. The fraction of sp³-hybridized carbons (Fsp3) is 0.727. The van der Waals surface area contributed by atoms with E-state index >= 15 is 0 Å². The second-order valence-corrected chi connectivity index (χ2v) is 4.62. The molecule has 18 heavy (non-hydrogen) atoms. The summed E-state index contributed by atoms with van der Waals surface area (Å²) in [6, 6.07) is 1.61. The van der Waals surface area contributed by atoms with Crippen LogP contribution in [0.1, 0.15) is 24.2 Å². The lowest BCUT2D eigenvalue weighted by Crippen LogP contribution is -2.40. The standard InChI is InChI=1S/C11H17F3N4/c1-15-8-2-4-18(5-3-8)7-9-6-10(17-16-9)11(12,13)14/h6,8,15H,2-5,7H2,1H3,(H,16,17). The maximum Gasteiger partial charge on any atom is 0.435 e. The van der Waals surface area contributed by atoms with Crippen LogP contribution in [-0.4, -0.2) is 41.3 Å².